The number of hydrogen-bond donors (Lipinski definition) is 0. The molecule has 0 atom stereocenters. The summed E-state index contributed by atoms with van der Waals surface area (Å²) in [5.74, 6) is 2.63. The van der Waals surface area contributed by atoms with Crippen LogP contribution in [0.25, 0.3) is 5.57 Å². The van der Waals surface area contributed by atoms with Crippen LogP contribution in [0.2, 0.25) is 0 Å². The summed E-state index contributed by atoms with van der Waals surface area (Å²) in [4.78, 5) is 2.60. The molecule has 0 spiro atoms. The lowest BCUT2D eigenvalue weighted by molar-refractivity contribution is 0.604. The molecule has 0 aliphatic carbocycles. The first-order chi connectivity index (χ1) is 8.91. The molecule has 2 aromatic rings. The summed E-state index contributed by atoms with van der Waals surface area (Å²) in [6, 6.07) is 12.3. The van der Waals surface area contributed by atoms with E-state index in [0.29, 0.717) is 0 Å². The molecule has 1 heteroatoms. The van der Waals surface area contributed by atoms with Gasteiger partial charge in [0.1, 0.15) is 0 Å². The monoisotopic (exact) mass is 266 g/mol. The van der Waals surface area contributed by atoms with Crippen molar-refractivity contribution in [3.8, 4) is 12.3 Å². The Balaban J connectivity index is 2.29. The van der Waals surface area contributed by atoms with Gasteiger partial charge in [-0.1, -0.05) is 45.4 Å². The highest BCUT2D eigenvalue weighted by atomic mass is 32.1. The summed E-state index contributed by atoms with van der Waals surface area (Å²) in [5.41, 5.74) is 3.28. The van der Waals surface area contributed by atoms with E-state index in [0.717, 1.165) is 16.7 Å². The molecule has 1 aromatic carbocycles. The van der Waals surface area contributed by atoms with Crippen LogP contribution in [-0.4, -0.2) is 0 Å². The normalized spacial score (nSPS) is 11.1. The average molecular weight is 266 g/mol. The van der Waals surface area contributed by atoms with E-state index in [1.54, 1.807) is 0 Å². The van der Waals surface area contributed by atoms with E-state index in [4.69, 9.17) is 6.42 Å². The van der Waals surface area contributed by atoms with Crippen LogP contribution >= 0.6 is 11.3 Å². The van der Waals surface area contributed by atoms with Gasteiger partial charge < -0.3 is 0 Å². The van der Waals surface area contributed by atoms with Gasteiger partial charge in [-0.3, -0.25) is 0 Å². The smallest absolute Gasteiger partial charge is 0.0345 e. The van der Waals surface area contributed by atoms with Crippen molar-refractivity contribution in [3.63, 3.8) is 0 Å². The van der Waals surface area contributed by atoms with Gasteiger partial charge in [0.25, 0.3) is 0 Å². The first-order valence-electron chi connectivity index (χ1n) is 6.28. The minimum absolute atomic E-state index is 0.191. The Morgan fingerprint density at radius 2 is 1.74 bits per heavy atom. The van der Waals surface area contributed by atoms with Gasteiger partial charge in [0, 0.05) is 15.3 Å². The number of benzene rings is 1. The van der Waals surface area contributed by atoms with Crippen molar-refractivity contribution in [2.75, 3.05) is 0 Å². The minimum Gasteiger partial charge on any atom is -0.140 e. The first-order valence-corrected chi connectivity index (χ1v) is 7.10. The maximum Gasteiger partial charge on any atom is 0.0345 e. The second-order valence-corrected chi connectivity index (χ2v) is 6.70. The van der Waals surface area contributed by atoms with Gasteiger partial charge in [-0.15, -0.1) is 17.8 Å². The van der Waals surface area contributed by atoms with Gasteiger partial charge >= 0.3 is 0 Å². The third-order valence-electron chi connectivity index (χ3n) is 3.04. The Morgan fingerprint density at radius 1 is 1.11 bits per heavy atom. The highest BCUT2D eigenvalue weighted by Gasteiger charge is 2.17. The van der Waals surface area contributed by atoms with Gasteiger partial charge in [-0.25, -0.2) is 0 Å². The first kappa shape index (κ1) is 13.6. The van der Waals surface area contributed by atoms with E-state index in [9.17, 15) is 0 Å². The molecule has 0 bridgehead atoms. The molecule has 2 rings (SSSR count). The molecule has 0 radical (unpaired) electrons. The fourth-order valence-electron chi connectivity index (χ4n) is 1.81. The molecule has 1 heterocycles. The second-order valence-electron chi connectivity index (χ2n) is 5.61. The molecule has 1 aromatic heterocycles. The van der Waals surface area contributed by atoms with E-state index < -0.39 is 0 Å². The molecule has 0 nitrogen and oxygen atoms in total. The zero-order valence-electron chi connectivity index (χ0n) is 11.7. The third-order valence-corrected chi connectivity index (χ3v) is 4.61. The Kier molecular flexibility index (Phi) is 3.64. The fraction of sp³-hybridized carbons (Fsp3) is 0.222. The van der Waals surface area contributed by atoms with Crippen LogP contribution in [0, 0.1) is 12.3 Å². The van der Waals surface area contributed by atoms with Gasteiger partial charge in [-0.2, -0.15) is 0 Å². The van der Waals surface area contributed by atoms with Crippen molar-refractivity contribution >= 4 is 16.9 Å². The quantitative estimate of drug-likeness (QED) is 0.664. The highest BCUT2D eigenvalue weighted by Crippen LogP contribution is 2.34. The maximum atomic E-state index is 5.37. The van der Waals surface area contributed by atoms with Crippen molar-refractivity contribution in [2.24, 2.45) is 0 Å². The van der Waals surface area contributed by atoms with Crippen LogP contribution in [0.15, 0.2) is 43.0 Å². The van der Waals surface area contributed by atoms with E-state index in [1.165, 1.54) is 9.75 Å². The van der Waals surface area contributed by atoms with Crippen molar-refractivity contribution in [3.05, 3.63) is 63.9 Å². The summed E-state index contributed by atoms with van der Waals surface area (Å²) < 4.78 is 0. The zero-order chi connectivity index (χ0) is 14.0. The van der Waals surface area contributed by atoms with Gasteiger partial charge in [0.15, 0.2) is 0 Å². The third kappa shape index (κ3) is 2.97. The number of terminal acetylenes is 1. The van der Waals surface area contributed by atoms with Crippen molar-refractivity contribution in [1.82, 2.24) is 0 Å². The Hall–Kier alpha value is -1.78. The van der Waals surface area contributed by atoms with E-state index >= 15 is 0 Å². The molecule has 0 fully saturated rings. The summed E-state index contributed by atoms with van der Waals surface area (Å²) in [6.07, 6.45) is 5.37. The summed E-state index contributed by atoms with van der Waals surface area (Å²) in [5, 5.41) is 0. The van der Waals surface area contributed by atoms with Crippen LogP contribution in [0.3, 0.4) is 0 Å². The Morgan fingerprint density at radius 3 is 2.21 bits per heavy atom. The molecule has 96 valence electrons. The zero-order valence-corrected chi connectivity index (χ0v) is 12.5. The predicted octanol–water partition coefficient (Wildman–Crippen LogP) is 5.09. The topological polar surface area (TPSA) is 0 Å². The van der Waals surface area contributed by atoms with Crippen molar-refractivity contribution in [1.29, 1.82) is 0 Å². The van der Waals surface area contributed by atoms with Crippen molar-refractivity contribution in [2.45, 2.75) is 26.2 Å². The Bertz CT molecular complexity index is 628. The molecule has 0 unspecified atom stereocenters. The number of hydrogen-bond acceptors (Lipinski definition) is 1. The fourth-order valence-corrected chi connectivity index (χ4v) is 2.87. The van der Waals surface area contributed by atoms with Crippen LogP contribution in [0.4, 0.5) is 0 Å². The van der Waals surface area contributed by atoms with Gasteiger partial charge in [-0.05, 0) is 40.8 Å². The molecule has 19 heavy (non-hydrogen) atoms. The van der Waals surface area contributed by atoms with E-state index in [-0.39, 0.29) is 5.41 Å². The minimum atomic E-state index is 0.191. The summed E-state index contributed by atoms with van der Waals surface area (Å²) in [7, 11) is 0. The van der Waals surface area contributed by atoms with Gasteiger partial charge in [0.05, 0.1) is 0 Å². The molecule has 0 N–H and O–H groups in total. The Labute approximate surface area is 119 Å². The summed E-state index contributed by atoms with van der Waals surface area (Å²) in [6.45, 7) is 10.9. The highest BCUT2D eigenvalue weighted by molar-refractivity contribution is 7.13. The number of thiophene rings is 1. The lowest BCUT2D eigenvalue weighted by Crippen LogP contribution is -2.07. The standard InChI is InChI=1S/C18H18S/c1-6-14-7-9-15(10-8-14)13(2)16-11-12-17(19-16)18(3,4)5/h1,7-12H,2H2,3-5H3. The molecular formula is C18H18S. The van der Waals surface area contributed by atoms with Crippen LogP contribution in [0.1, 0.15) is 41.7 Å². The van der Waals surface area contributed by atoms with Crippen molar-refractivity contribution < 1.29 is 0 Å². The predicted molar refractivity (Wildman–Crippen MR) is 85.5 cm³/mol. The lowest BCUT2D eigenvalue weighted by Gasteiger charge is -2.15. The molecule has 0 aliphatic rings. The molecular weight excluding hydrogens is 248 g/mol. The van der Waals surface area contributed by atoms with Crippen LogP contribution < -0.4 is 0 Å². The van der Waals surface area contributed by atoms with Gasteiger partial charge in [0.2, 0.25) is 0 Å². The molecule has 0 saturated carbocycles. The number of rotatable bonds is 2. The van der Waals surface area contributed by atoms with Crippen LogP contribution in [-0.2, 0) is 5.41 Å². The lowest BCUT2D eigenvalue weighted by atomic mass is 9.95. The molecule has 0 amide bonds. The van der Waals surface area contributed by atoms with E-state index in [1.807, 2.05) is 35.6 Å². The molecule has 0 aliphatic heterocycles. The molecule has 0 saturated heterocycles. The largest absolute Gasteiger partial charge is 0.140 e. The van der Waals surface area contributed by atoms with Crippen LogP contribution in [0.5, 0.6) is 0 Å². The average Bonchev–Trinajstić information content (AvgIpc) is 2.87. The SMILES string of the molecule is C#Cc1ccc(C(=C)c2ccc(C(C)(C)C)s2)cc1. The second kappa shape index (κ2) is 5.07. The summed E-state index contributed by atoms with van der Waals surface area (Å²) >= 11 is 1.81. The maximum absolute atomic E-state index is 5.37. The van der Waals surface area contributed by atoms with E-state index in [2.05, 4.69) is 45.4 Å².